The minimum absolute atomic E-state index is 0.304. The van der Waals surface area contributed by atoms with Gasteiger partial charge in [-0.25, -0.2) is 0 Å². The van der Waals surface area contributed by atoms with Crippen molar-refractivity contribution in [1.29, 1.82) is 0 Å². The molecular formula is C25H30N6O4. The molecule has 10 heteroatoms. The van der Waals surface area contributed by atoms with Crippen molar-refractivity contribution in [3.63, 3.8) is 0 Å². The molecule has 35 heavy (non-hydrogen) atoms. The SMILES string of the molecule is COc1ccccc1NC(=O)C1=C(C)Nc2nnnn2C1c1ccc(OCCC(C)C)c(OC)c1. The van der Waals surface area contributed by atoms with E-state index < -0.39 is 6.04 Å². The quantitative estimate of drug-likeness (QED) is 0.474. The lowest BCUT2D eigenvalue weighted by Gasteiger charge is -2.28. The number of hydrogen-bond donors (Lipinski definition) is 2. The predicted molar refractivity (Wildman–Crippen MR) is 132 cm³/mol. The first kappa shape index (κ1) is 24.1. The Kier molecular flexibility index (Phi) is 7.19. The van der Waals surface area contributed by atoms with E-state index in [1.165, 1.54) is 0 Å². The Labute approximate surface area is 204 Å². The number of amides is 1. The van der Waals surface area contributed by atoms with Gasteiger partial charge in [-0.05, 0) is 59.5 Å². The van der Waals surface area contributed by atoms with E-state index in [-0.39, 0.29) is 5.91 Å². The van der Waals surface area contributed by atoms with Gasteiger partial charge in [0.1, 0.15) is 11.8 Å². The van der Waals surface area contributed by atoms with Crippen LogP contribution in [-0.4, -0.2) is 46.9 Å². The number of carbonyl (C=O) groups excluding carboxylic acids is 1. The van der Waals surface area contributed by atoms with Crippen LogP contribution in [0.15, 0.2) is 53.7 Å². The van der Waals surface area contributed by atoms with Gasteiger partial charge in [0.2, 0.25) is 5.95 Å². The highest BCUT2D eigenvalue weighted by molar-refractivity contribution is 6.06. The molecule has 3 aromatic rings. The van der Waals surface area contributed by atoms with Crippen LogP contribution < -0.4 is 24.8 Å². The average Bonchev–Trinajstić information content (AvgIpc) is 3.31. The van der Waals surface area contributed by atoms with Crippen molar-refractivity contribution < 1.29 is 19.0 Å². The van der Waals surface area contributed by atoms with Gasteiger partial charge < -0.3 is 24.8 Å². The highest BCUT2D eigenvalue weighted by Crippen LogP contribution is 2.39. The zero-order chi connectivity index (χ0) is 24.9. The van der Waals surface area contributed by atoms with Crippen LogP contribution in [0.3, 0.4) is 0 Å². The molecule has 0 saturated carbocycles. The van der Waals surface area contributed by atoms with Crippen LogP contribution in [0.4, 0.5) is 11.6 Å². The minimum Gasteiger partial charge on any atom is -0.495 e. The van der Waals surface area contributed by atoms with Crippen LogP contribution >= 0.6 is 0 Å². The third kappa shape index (κ3) is 5.06. The molecule has 4 rings (SSSR count). The summed E-state index contributed by atoms with van der Waals surface area (Å²) >= 11 is 0. The van der Waals surface area contributed by atoms with Crippen molar-refractivity contribution in [2.75, 3.05) is 31.5 Å². The maximum Gasteiger partial charge on any atom is 0.255 e. The maximum atomic E-state index is 13.6. The van der Waals surface area contributed by atoms with Crippen molar-refractivity contribution in [1.82, 2.24) is 20.2 Å². The molecule has 2 heterocycles. The predicted octanol–water partition coefficient (Wildman–Crippen LogP) is 4.04. The van der Waals surface area contributed by atoms with Gasteiger partial charge in [-0.3, -0.25) is 4.79 Å². The minimum atomic E-state index is -0.588. The van der Waals surface area contributed by atoms with Gasteiger partial charge >= 0.3 is 0 Å². The summed E-state index contributed by atoms with van der Waals surface area (Å²) in [7, 11) is 3.15. The third-order valence-corrected chi connectivity index (χ3v) is 5.77. The molecule has 2 N–H and O–H groups in total. The maximum absolute atomic E-state index is 13.6. The number of nitrogens with one attached hydrogen (secondary N) is 2. The van der Waals surface area contributed by atoms with E-state index in [2.05, 4.69) is 40.0 Å². The molecule has 1 amide bonds. The summed E-state index contributed by atoms with van der Waals surface area (Å²) in [5.41, 5.74) is 2.44. The fraction of sp³-hybridized carbons (Fsp3) is 0.360. The summed E-state index contributed by atoms with van der Waals surface area (Å²) in [5.74, 6) is 2.45. The molecule has 2 aromatic carbocycles. The first-order valence-corrected chi connectivity index (χ1v) is 11.4. The molecular weight excluding hydrogens is 448 g/mol. The molecule has 1 aliphatic rings. The summed E-state index contributed by atoms with van der Waals surface area (Å²) < 4.78 is 18.5. The van der Waals surface area contributed by atoms with E-state index in [0.29, 0.717) is 52.7 Å². The van der Waals surface area contributed by atoms with E-state index >= 15 is 0 Å². The van der Waals surface area contributed by atoms with Crippen LogP contribution in [-0.2, 0) is 4.79 Å². The summed E-state index contributed by atoms with van der Waals surface area (Å²) in [6.07, 6.45) is 0.933. The zero-order valence-electron chi connectivity index (χ0n) is 20.5. The number of para-hydroxylation sites is 2. The van der Waals surface area contributed by atoms with E-state index in [4.69, 9.17) is 14.2 Å². The Bertz CT molecular complexity index is 1240. The van der Waals surface area contributed by atoms with E-state index in [1.807, 2.05) is 37.3 Å². The molecule has 1 aliphatic heterocycles. The van der Waals surface area contributed by atoms with Crippen molar-refractivity contribution in [2.45, 2.75) is 33.2 Å². The normalized spacial score (nSPS) is 14.9. The molecule has 1 atom stereocenters. The van der Waals surface area contributed by atoms with Crippen molar-refractivity contribution in [2.24, 2.45) is 5.92 Å². The van der Waals surface area contributed by atoms with Crippen LogP contribution in [0, 0.1) is 5.92 Å². The molecule has 0 bridgehead atoms. The zero-order valence-corrected chi connectivity index (χ0v) is 20.5. The van der Waals surface area contributed by atoms with Gasteiger partial charge in [-0.1, -0.05) is 37.1 Å². The van der Waals surface area contributed by atoms with Crippen LogP contribution in [0.5, 0.6) is 17.2 Å². The average molecular weight is 479 g/mol. The van der Waals surface area contributed by atoms with Crippen molar-refractivity contribution in [3.05, 3.63) is 59.3 Å². The third-order valence-electron chi connectivity index (χ3n) is 5.77. The number of allylic oxidation sites excluding steroid dienone is 1. The van der Waals surface area contributed by atoms with Gasteiger partial charge in [-0.15, -0.1) is 0 Å². The van der Waals surface area contributed by atoms with Crippen LogP contribution in [0.2, 0.25) is 0 Å². The molecule has 0 fully saturated rings. The van der Waals surface area contributed by atoms with Gasteiger partial charge in [0.05, 0.1) is 32.1 Å². The highest BCUT2D eigenvalue weighted by Gasteiger charge is 2.34. The second-order valence-corrected chi connectivity index (χ2v) is 8.61. The molecule has 0 spiro atoms. The number of benzene rings is 2. The number of anilines is 2. The number of methoxy groups -OCH3 is 2. The summed E-state index contributed by atoms with van der Waals surface area (Å²) in [6, 6.07) is 12.3. The number of hydrogen-bond acceptors (Lipinski definition) is 8. The van der Waals surface area contributed by atoms with Crippen LogP contribution in [0.1, 0.15) is 38.8 Å². The number of carbonyl (C=O) groups is 1. The molecule has 0 aliphatic carbocycles. The van der Waals surface area contributed by atoms with Crippen molar-refractivity contribution in [3.8, 4) is 17.2 Å². The number of aromatic nitrogens is 4. The topological polar surface area (TPSA) is 112 Å². The van der Waals surface area contributed by atoms with Gasteiger partial charge in [0.15, 0.2) is 11.5 Å². The number of ether oxygens (including phenoxy) is 3. The second-order valence-electron chi connectivity index (χ2n) is 8.61. The van der Waals surface area contributed by atoms with Gasteiger partial charge in [0, 0.05) is 5.70 Å². The fourth-order valence-electron chi connectivity index (χ4n) is 3.93. The number of fused-ring (bicyclic) bond motifs is 1. The number of nitrogens with zero attached hydrogens (tertiary/aromatic N) is 4. The first-order chi connectivity index (χ1) is 16.9. The number of rotatable bonds is 9. The van der Waals surface area contributed by atoms with E-state index in [0.717, 1.165) is 12.0 Å². The highest BCUT2D eigenvalue weighted by atomic mass is 16.5. The van der Waals surface area contributed by atoms with E-state index in [1.54, 1.807) is 31.0 Å². The molecule has 1 aromatic heterocycles. The molecule has 0 saturated heterocycles. The standard InChI is InChI=1S/C25H30N6O4/c1-15(2)12-13-35-20-11-10-17(14-21(20)34-5)23-22(16(3)26-25-28-29-30-31(23)25)24(32)27-18-8-6-7-9-19(18)33-4/h6-11,14-15,23H,12-13H2,1-5H3,(H,27,32)(H,26,28,30). The smallest absolute Gasteiger partial charge is 0.255 e. The summed E-state index contributed by atoms with van der Waals surface area (Å²) in [4.78, 5) is 13.6. The Morgan fingerprint density at radius 2 is 1.89 bits per heavy atom. The molecule has 10 nitrogen and oxygen atoms in total. The fourth-order valence-corrected chi connectivity index (χ4v) is 3.93. The lowest BCUT2D eigenvalue weighted by atomic mass is 9.94. The monoisotopic (exact) mass is 478 g/mol. The summed E-state index contributed by atoms with van der Waals surface area (Å²) in [6.45, 7) is 6.71. The Morgan fingerprint density at radius 3 is 2.63 bits per heavy atom. The largest absolute Gasteiger partial charge is 0.495 e. The molecule has 0 radical (unpaired) electrons. The summed E-state index contributed by atoms with van der Waals surface area (Å²) in [5, 5.41) is 18.1. The van der Waals surface area contributed by atoms with E-state index in [9.17, 15) is 4.79 Å². The lowest BCUT2D eigenvalue weighted by molar-refractivity contribution is -0.113. The van der Waals surface area contributed by atoms with Gasteiger partial charge in [0.25, 0.3) is 5.91 Å². The Balaban J connectivity index is 1.70. The molecule has 184 valence electrons. The molecule has 1 unspecified atom stereocenters. The second kappa shape index (κ2) is 10.5. The van der Waals surface area contributed by atoms with Crippen molar-refractivity contribution >= 4 is 17.5 Å². The number of tetrazole rings is 1. The first-order valence-electron chi connectivity index (χ1n) is 11.4. The van der Waals surface area contributed by atoms with Gasteiger partial charge in [-0.2, -0.15) is 4.68 Å². The Morgan fingerprint density at radius 1 is 1.11 bits per heavy atom. The lowest BCUT2D eigenvalue weighted by Crippen LogP contribution is -2.31. The Hall–Kier alpha value is -4.08. The van der Waals surface area contributed by atoms with Crippen LogP contribution in [0.25, 0.3) is 0 Å².